The standard InChI is InChI=1S/C16H13BrF2N2O2/c17-11-3-1-2-9(6-11)7-14(15(20)22)21-16(23)10-4-5-12(18)13(19)8-10/h1-6,8,14H,7H2,(H2,20,22)(H,21,23)/t14-/m1/s1. The molecule has 0 spiro atoms. The molecule has 0 radical (unpaired) electrons. The van der Waals surface area contributed by atoms with E-state index in [4.69, 9.17) is 5.73 Å². The van der Waals surface area contributed by atoms with Gasteiger partial charge in [0.1, 0.15) is 6.04 Å². The van der Waals surface area contributed by atoms with Crippen molar-refractivity contribution in [1.29, 1.82) is 0 Å². The second kappa shape index (κ2) is 7.32. The minimum Gasteiger partial charge on any atom is -0.368 e. The SMILES string of the molecule is NC(=O)[C@@H](Cc1cccc(Br)c1)NC(=O)c1ccc(F)c(F)c1. The third-order valence-electron chi connectivity index (χ3n) is 3.16. The average Bonchev–Trinajstić information content (AvgIpc) is 2.49. The van der Waals surface area contributed by atoms with Crippen molar-refractivity contribution in [3.63, 3.8) is 0 Å². The van der Waals surface area contributed by atoms with E-state index in [1.165, 1.54) is 0 Å². The Morgan fingerprint density at radius 3 is 2.48 bits per heavy atom. The largest absolute Gasteiger partial charge is 0.368 e. The van der Waals surface area contributed by atoms with Crippen LogP contribution in [0.2, 0.25) is 0 Å². The molecule has 7 heteroatoms. The molecule has 0 saturated heterocycles. The fraction of sp³-hybridized carbons (Fsp3) is 0.125. The fourth-order valence-electron chi connectivity index (χ4n) is 2.00. The molecule has 2 rings (SSSR count). The summed E-state index contributed by atoms with van der Waals surface area (Å²) in [4.78, 5) is 23.6. The molecule has 0 fully saturated rings. The number of hydrogen-bond acceptors (Lipinski definition) is 2. The zero-order valence-corrected chi connectivity index (χ0v) is 13.4. The van der Waals surface area contributed by atoms with E-state index in [9.17, 15) is 18.4 Å². The monoisotopic (exact) mass is 382 g/mol. The van der Waals surface area contributed by atoms with Gasteiger partial charge in [-0.05, 0) is 35.9 Å². The summed E-state index contributed by atoms with van der Waals surface area (Å²) < 4.78 is 26.9. The van der Waals surface area contributed by atoms with E-state index < -0.39 is 29.5 Å². The molecule has 0 aliphatic carbocycles. The molecule has 0 aliphatic heterocycles. The Bertz CT molecular complexity index is 753. The summed E-state index contributed by atoms with van der Waals surface area (Å²) in [6.07, 6.45) is 0.185. The number of carbonyl (C=O) groups excluding carboxylic acids is 2. The predicted molar refractivity (Wildman–Crippen MR) is 84.7 cm³/mol. The van der Waals surface area contributed by atoms with Gasteiger partial charge in [-0.3, -0.25) is 9.59 Å². The normalized spacial score (nSPS) is 11.8. The number of carbonyl (C=O) groups is 2. The summed E-state index contributed by atoms with van der Waals surface area (Å²) in [5.41, 5.74) is 6.00. The van der Waals surface area contributed by atoms with E-state index in [0.717, 1.165) is 28.2 Å². The van der Waals surface area contributed by atoms with Crippen LogP contribution in [-0.2, 0) is 11.2 Å². The minimum atomic E-state index is -1.14. The van der Waals surface area contributed by atoms with Gasteiger partial charge in [-0.25, -0.2) is 8.78 Å². The lowest BCUT2D eigenvalue weighted by Gasteiger charge is -2.16. The molecule has 0 saturated carbocycles. The van der Waals surface area contributed by atoms with Gasteiger partial charge in [0.05, 0.1) is 0 Å². The summed E-state index contributed by atoms with van der Waals surface area (Å²) in [5.74, 6) is -3.62. The van der Waals surface area contributed by atoms with Gasteiger partial charge in [0.25, 0.3) is 5.91 Å². The van der Waals surface area contributed by atoms with Crippen LogP contribution in [0.5, 0.6) is 0 Å². The fourth-order valence-corrected chi connectivity index (χ4v) is 2.45. The molecule has 0 bridgehead atoms. The molecule has 23 heavy (non-hydrogen) atoms. The number of nitrogens with two attached hydrogens (primary N) is 1. The Morgan fingerprint density at radius 1 is 1.13 bits per heavy atom. The topological polar surface area (TPSA) is 72.2 Å². The van der Waals surface area contributed by atoms with E-state index in [0.29, 0.717) is 0 Å². The van der Waals surface area contributed by atoms with Crippen molar-refractivity contribution < 1.29 is 18.4 Å². The second-order valence-electron chi connectivity index (χ2n) is 4.89. The van der Waals surface area contributed by atoms with Crippen LogP contribution in [0.1, 0.15) is 15.9 Å². The Morgan fingerprint density at radius 2 is 1.87 bits per heavy atom. The maximum Gasteiger partial charge on any atom is 0.252 e. The highest BCUT2D eigenvalue weighted by Crippen LogP contribution is 2.14. The van der Waals surface area contributed by atoms with Crippen molar-refractivity contribution >= 4 is 27.7 Å². The molecular weight excluding hydrogens is 370 g/mol. The number of halogens is 3. The number of rotatable bonds is 5. The van der Waals surface area contributed by atoms with Crippen molar-refractivity contribution in [2.24, 2.45) is 5.73 Å². The lowest BCUT2D eigenvalue weighted by Crippen LogP contribution is -2.45. The van der Waals surface area contributed by atoms with Crippen molar-refractivity contribution in [3.05, 3.63) is 69.7 Å². The number of nitrogens with one attached hydrogen (secondary N) is 1. The number of hydrogen-bond donors (Lipinski definition) is 2. The van der Waals surface area contributed by atoms with Gasteiger partial charge in [-0.1, -0.05) is 28.1 Å². The van der Waals surface area contributed by atoms with Crippen molar-refractivity contribution in [2.75, 3.05) is 0 Å². The van der Waals surface area contributed by atoms with E-state index in [2.05, 4.69) is 21.2 Å². The van der Waals surface area contributed by atoms with Gasteiger partial charge < -0.3 is 11.1 Å². The Kier molecular flexibility index (Phi) is 5.44. The molecule has 120 valence electrons. The van der Waals surface area contributed by atoms with Crippen LogP contribution in [0.15, 0.2) is 46.9 Å². The smallest absolute Gasteiger partial charge is 0.252 e. The lowest BCUT2D eigenvalue weighted by molar-refractivity contribution is -0.119. The van der Waals surface area contributed by atoms with Crippen LogP contribution in [0.4, 0.5) is 8.78 Å². The Balaban J connectivity index is 2.14. The summed E-state index contributed by atoms with van der Waals surface area (Å²) in [7, 11) is 0. The van der Waals surface area contributed by atoms with E-state index in [1.54, 1.807) is 18.2 Å². The molecular formula is C16H13BrF2N2O2. The van der Waals surface area contributed by atoms with Crippen LogP contribution in [0.25, 0.3) is 0 Å². The molecule has 3 N–H and O–H groups in total. The second-order valence-corrected chi connectivity index (χ2v) is 5.81. The summed E-state index contributed by atoms with van der Waals surface area (Å²) in [6.45, 7) is 0. The Hall–Kier alpha value is -2.28. The van der Waals surface area contributed by atoms with Gasteiger partial charge in [0.15, 0.2) is 11.6 Å². The highest BCUT2D eigenvalue weighted by atomic mass is 79.9. The van der Waals surface area contributed by atoms with Crippen LogP contribution in [0, 0.1) is 11.6 Å². The van der Waals surface area contributed by atoms with Gasteiger partial charge >= 0.3 is 0 Å². The van der Waals surface area contributed by atoms with Crippen LogP contribution < -0.4 is 11.1 Å². The first-order chi connectivity index (χ1) is 10.9. The zero-order valence-electron chi connectivity index (χ0n) is 11.9. The summed E-state index contributed by atoms with van der Waals surface area (Å²) in [5, 5.41) is 2.43. The average molecular weight is 383 g/mol. The maximum atomic E-state index is 13.2. The van der Waals surface area contributed by atoms with Gasteiger partial charge in [-0.2, -0.15) is 0 Å². The third-order valence-corrected chi connectivity index (χ3v) is 3.65. The first-order valence-electron chi connectivity index (χ1n) is 6.66. The van der Waals surface area contributed by atoms with Crippen LogP contribution in [-0.4, -0.2) is 17.9 Å². The molecule has 2 amide bonds. The molecule has 0 aromatic heterocycles. The van der Waals surface area contributed by atoms with Crippen molar-refractivity contribution in [1.82, 2.24) is 5.32 Å². The Labute approximate surface area is 139 Å². The third kappa shape index (κ3) is 4.59. The predicted octanol–water partition coefficient (Wildman–Crippen LogP) is 2.55. The van der Waals surface area contributed by atoms with Crippen molar-refractivity contribution in [3.8, 4) is 0 Å². The van der Waals surface area contributed by atoms with Crippen molar-refractivity contribution in [2.45, 2.75) is 12.5 Å². The molecule has 2 aromatic rings. The van der Waals surface area contributed by atoms with Crippen LogP contribution >= 0.6 is 15.9 Å². The maximum absolute atomic E-state index is 13.2. The molecule has 4 nitrogen and oxygen atoms in total. The molecule has 0 unspecified atom stereocenters. The molecule has 0 heterocycles. The van der Waals surface area contributed by atoms with Gasteiger partial charge in [0.2, 0.25) is 5.91 Å². The number of benzene rings is 2. The lowest BCUT2D eigenvalue weighted by atomic mass is 10.0. The number of amides is 2. The van der Waals surface area contributed by atoms with E-state index >= 15 is 0 Å². The molecule has 0 aliphatic rings. The summed E-state index contributed by atoms with van der Waals surface area (Å²) >= 11 is 3.31. The highest BCUT2D eigenvalue weighted by molar-refractivity contribution is 9.10. The first-order valence-corrected chi connectivity index (χ1v) is 7.46. The van der Waals surface area contributed by atoms with E-state index in [1.807, 2.05) is 6.07 Å². The van der Waals surface area contributed by atoms with Crippen LogP contribution in [0.3, 0.4) is 0 Å². The first kappa shape index (κ1) is 17.1. The van der Waals surface area contributed by atoms with E-state index in [-0.39, 0.29) is 12.0 Å². The number of primary amides is 1. The molecule has 1 atom stereocenters. The highest BCUT2D eigenvalue weighted by Gasteiger charge is 2.20. The molecule has 2 aromatic carbocycles. The quantitative estimate of drug-likeness (QED) is 0.833. The van der Waals surface area contributed by atoms with Gasteiger partial charge in [0, 0.05) is 16.5 Å². The minimum absolute atomic E-state index is 0.0932. The van der Waals surface area contributed by atoms with Gasteiger partial charge in [-0.15, -0.1) is 0 Å². The summed E-state index contributed by atoms with van der Waals surface area (Å²) in [6, 6.07) is 8.95. The zero-order chi connectivity index (χ0) is 17.0.